The number of carboxylic acids is 1. The van der Waals surface area contributed by atoms with Crippen molar-refractivity contribution in [2.24, 2.45) is 5.92 Å². The summed E-state index contributed by atoms with van der Waals surface area (Å²) in [7, 11) is 0. The maximum atomic E-state index is 13.0. The molecule has 0 spiro atoms. The van der Waals surface area contributed by atoms with Crippen LogP contribution in [-0.2, 0) is 4.79 Å². The van der Waals surface area contributed by atoms with Gasteiger partial charge in [0.05, 0.1) is 0 Å². The van der Waals surface area contributed by atoms with Crippen molar-refractivity contribution in [3.63, 3.8) is 0 Å². The van der Waals surface area contributed by atoms with Crippen LogP contribution in [0, 0.1) is 12.8 Å². The van der Waals surface area contributed by atoms with Crippen LogP contribution in [0.3, 0.4) is 0 Å². The normalized spacial score (nSPS) is 26.5. The van der Waals surface area contributed by atoms with Gasteiger partial charge in [-0.05, 0) is 44.2 Å². The third kappa shape index (κ3) is 2.37. The maximum Gasteiger partial charge on any atom is 0.326 e. The van der Waals surface area contributed by atoms with Crippen LogP contribution in [0.5, 0.6) is 0 Å². The Morgan fingerprint density at radius 2 is 2.08 bits per heavy atom. The van der Waals surface area contributed by atoms with Gasteiger partial charge in [-0.1, -0.05) is 12.8 Å². The molecule has 126 valence electrons. The summed E-state index contributed by atoms with van der Waals surface area (Å²) in [5, 5.41) is 9.57. The fourth-order valence-corrected chi connectivity index (χ4v) is 4.23. The molecule has 1 N–H and O–H groups in total. The molecular formula is C18H20N2O4. The molecule has 1 aliphatic carbocycles. The Morgan fingerprint density at radius 3 is 2.88 bits per heavy atom. The van der Waals surface area contributed by atoms with Gasteiger partial charge in [-0.15, -0.1) is 0 Å². The minimum atomic E-state index is -0.928. The topological polar surface area (TPSA) is 83.6 Å². The van der Waals surface area contributed by atoms with E-state index in [0.29, 0.717) is 17.5 Å². The SMILES string of the molecule is Cc1ccc2oc(C(=O)N3[C@H](C(=O)O)C[C@H]4CCCC[C@@H]43)cc2n1. The van der Waals surface area contributed by atoms with Gasteiger partial charge >= 0.3 is 5.97 Å². The first-order valence-corrected chi connectivity index (χ1v) is 8.47. The lowest BCUT2D eigenvalue weighted by Gasteiger charge is -2.32. The second kappa shape index (κ2) is 5.61. The molecule has 2 aromatic rings. The zero-order valence-electron chi connectivity index (χ0n) is 13.6. The Morgan fingerprint density at radius 1 is 1.29 bits per heavy atom. The summed E-state index contributed by atoms with van der Waals surface area (Å²) in [5.74, 6) is -0.788. The van der Waals surface area contributed by atoms with Crippen molar-refractivity contribution in [3.8, 4) is 0 Å². The van der Waals surface area contributed by atoms with Crippen LogP contribution in [0.2, 0.25) is 0 Å². The second-order valence-corrected chi connectivity index (χ2v) is 6.86. The largest absolute Gasteiger partial charge is 0.480 e. The van der Waals surface area contributed by atoms with Gasteiger partial charge in [-0.3, -0.25) is 4.79 Å². The summed E-state index contributed by atoms with van der Waals surface area (Å²) in [4.78, 5) is 30.6. The van der Waals surface area contributed by atoms with Crippen molar-refractivity contribution in [1.82, 2.24) is 9.88 Å². The number of aromatic nitrogens is 1. The molecule has 6 heteroatoms. The minimum absolute atomic E-state index is 0.00950. The van der Waals surface area contributed by atoms with Crippen LogP contribution >= 0.6 is 0 Å². The van der Waals surface area contributed by atoms with Crippen molar-refractivity contribution in [2.75, 3.05) is 0 Å². The average Bonchev–Trinajstić information content (AvgIpc) is 3.15. The number of hydrogen-bond donors (Lipinski definition) is 1. The fourth-order valence-electron chi connectivity index (χ4n) is 4.23. The van der Waals surface area contributed by atoms with Crippen molar-refractivity contribution >= 4 is 23.0 Å². The average molecular weight is 328 g/mol. The Bertz CT molecular complexity index is 812. The van der Waals surface area contributed by atoms with Crippen molar-refractivity contribution in [1.29, 1.82) is 0 Å². The van der Waals surface area contributed by atoms with Crippen LogP contribution in [0.1, 0.15) is 48.4 Å². The van der Waals surface area contributed by atoms with E-state index in [0.717, 1.165) is 31.4 Å². The molecule has 0 bridgehead atoms. The summed E-state index contributed by atoms with van der Waals surface area (Å²) >= 11 is 0. The Hall–Kier alpha value is -2.37. The van der Waals surface area contributed by atoms with E-state index in [-0.39, 0.29) is 23.6 Å². The maximum absolute atomic E-state index is 13.0. The van der Waals surface area contributed by atoms with Crippen LogP contribution in [0.15, 0.2) is 22.6 Å². The third-order valence-electron chi connectivity index (χ3n) is 5.33. The molecule has 6 nitrogen and oxygen atoms in total. The molecule has 2 fully saturated rings. The number of carbonyl (C=O) groups is 2. The third-order valence-corrected chi connectivity index (χ3v) is 5.33. The molecule has 3 heterocycles. The summed E-state index contributed by atoms with van der Waals surface area (Å²) in [5.41, 5.74) is 2.03. The number of rotatable bonds is 2. The number of aryl methyl sites for hydroxylation is 1. The Balaban J connectivity index is 1.70. The van der Waals surface area contributed by atoms with Gasteiger partial charge in [-0.2, -0.15) is 0 Å². The number of pyridine rings is 1. The molecule has 3 atom stereocenters. The van der Waals surface area contributed by atoms with Gasteiger partial charge in [0, 0.05) is 17.8 Å². The molecule has 0 radical (unpaired) electrons. The van der Waals surface area contributed by atoms with Crippen molar-refractivity contribution < 1.29 is 19.1 Å². The van der Waals surface area contributed by atoms with Gasteiger partial charge in [-0.25, -0.2) is 9.78 Å². The lowest BCUT2D eigenvalue weighted by molar-refractivity contribution is -0.141. The Labute approximate surface area is 139 Å². The molecule has 1 amide bonds. The predicted octanol–water partition coefficient (Wildman–Crippen LogP) is 2.99. The Kier molecular flexibility index (Phi) is 3.55. The molecule has 1 aliphatic heterocycles. The van der Waals surface area contributed by atoms with E-state index in [9.17, 15) is 14.7 Å². The number of nitrogens with zero attached hydrogens (tertiary/aromatic N) is 2. The quantitative estimate of drug-likeness (QED) is 0.916. The number of carboxylic acid groups (broad SMARTS) is 1. The summed E-state index contributed by atoms with van der Waals surface area (Å²) in [6.45, 7) is 1.88. The van der Waals surface area contributed by atoms with Crippen LogP contribution in [-0.4, -0.2) is 39.0 Å². The highest BCUT2D eigenvalue weighted by Gasteiger charge is 2.48. The highest BCUT2D eigenvalue weighted by Crippen LogP contribution is 2.40. The standard InChI is InChI=1S/C18H20N2O4/c1-10-6-7-15-12(19-10)9-16(24-15)17(21)20-13-5-3-2-4-11(13)8-14(20)18(22)23/h6-7,9,11,13-14H,2-5,8H2,1H3,(H,22,23)/t11-,13+,14+/m1/s1. The van der Waals surface area contributed by atoms with E-state index < -0.39 is 12.0 Å². The first-order chi connectivity index (χ1) is 11.5. The van der Waals surface area contributed by atoms with E-state index in [1.54, 1.807) is 17.0 Å². The number of carbonyl (C=O) groups excluding carboxylic acids is 1. The molecule has 1 saturated heterocycles. The molecule has 0 unspecified atom stereocenters. The van der Waals surface area contributed by atoms with Crippen LogP contribution < -0.4 is 0 Å². The lowest BCUT2D eigenvalue weighted by atomic mass is 9.84. The predicted molar refractivity (Wildman–Crippen MR) is 86.7 cm³/mol. The number of furan rings is 1. The molecule has 4 rings (SSSR count). The number of aliphatic carboxylic acids is 1. The van der Waals surface area contributed by atoms with Gasteiger partial charge < -0.3 is 14.4 Å². The number of likely N-dealkylation sites (tertiary alicyclic amines) is 1. The smallest absolute Gasteiger partial charge is 0.326 e. The lowest BCUT2D eigenvalue weighted by Crippen LogP contribution is -2.46. The van der Waals surface area contributed by atoms with Crippen LogP contribution in [0.4, 0.5) is 0 Å². The van der Waals surface area contributed by atoms with E-state index in [1.165, 1.54) is 0 Å². The molecule has 24 heavy (non-hydrogen) atoms. The van der Waals surface area contributed by atoms with Crippen LogP contribution in [0.25, 0.3) is 11.1 Å². The van der Waals surface area contributed by atoms with E-state index in [1.807, 2.05) is 13.0 Å². The highest BCUT2D eigenvalue weighted by atomic mass is 16.4. The number of hydrogen-bond acceptors (Lipinski definition) is 4. The van der Waals surface area contributed by atoms with E-state index >= 15 is 0 Å². The molecular weight excluding hydrogens is 308 g/mol. The van der Waals surface area contributed by atoms with Gasteiger partial charge in [0.15, 0.2) is 11.3 Å². The first-order valence-electron chi connectivity index (χ1n) is 8.47. The fraction of sp³-hybridized carbons (Fsp3) is 0.500. The molecule has 2 aromatic heterocycles. The van der Waals surface area contributed by atoms with Crippen molar-refractivity contribution in [2.45, 2.75) is 51.1 Å². The minimum Gasteiger partial charge on any atom is -0.480 e. The van der Waals surface area contributed by atoms with Gasteiger partial charge in [0.1, 0.15) is 11.6 Å². The number of fused-ring (bicyclic) bond motifs is 2. The zero-order chi connectivity index (χ0) is 16.8. The first kappa shape index (κ1) is 15.2. The summed E-state index contributed by atoms with van der Waals surface area (Å²) < 4.78 is 5.66. The second-order valence-electron chi connectivity index (χ2n) is 6.86. The number of amides is 1. The monoisotopic (exact) mass is 328 g/mol. The molecule has 2 aliphatic rings. The highest BCUT2D eigenvalue weighted by molar-refractivity contribution is 5.98. The van der Waals surface area contributed by atoms with E-state index in [2.05, 4.69) is 4.98 Å². The van der Waals surface area contributed by atoms with Crippen molar-refractivity contribution in [3.05, 3.63) is 29.7 Å². The molecule has 1 saturated carbocycles. The molecule has 0 aromatic carbocycles. The van der Waals surface area contributed by atoms with E-state index in [4.69, 9.17) is 4.42 Å². The zero-order valence-corrected chi connectivity index (χ0v) is 13.6. The summed E-state index contributed by atoms with van der Waals surface area (Å²) in [6.07, 6.45) is 4.57. The van der Waals surface area contributed by atoms with Gasteiger partial charge in [0.2, 0.25) is 0 Å². The summed E-state index contributed by atoms with van der Waals surface area (Å²) in [6, 6.07) is 4.49. The van der Waals surface area contributed by atoms with Gasteiger partial charge in [0.25, 0.3) is 5.91 Å².